The van der Waals surface area contributed by atoms with Crippen molar-refractivity contribution in [3.05, 3.63) is 67.3 Å². The van der Waals surface area contributed by atoms with Gasteiger partial charge < -0.3 is 5.32 Å². The molecule has 27 heavy (non-hydrogen) atoms. The number of nitro benzene ring substituents is 1. The highest BCUT2D eigenvalue weighted by Gasteiger charge is 2.18. The van der Waals surface area contributed by atoms with Gasteiger partial charge in [0.1, 0.15) is 0 Å². The fraction of sp³-hybridized carbons (Fsp3) is 0.350. The first-order valence-corrected chi connectivity index (χ1v) is 10.1. The van der Waals surface area contributed by atoms with Crippen LogP contribution in [0, 0.1) is 13.7 Å². The summed E-state index contributed by atoms with van der Waals surface area (Å²) in [6.07, 6.45) is 3.80. The molecule has 1 amide bonds. The van der Waals surface area contributed by atoms with E-state index in [1.165, 1.54) is 37.0 Å². The first-order valence-electron chi connectivity index (χ1n) is 9.02. The van der Waals surface area contributed by atoms with E-state index in [2.05, 4.69) is 17.1 Å². The second-order valence-corrected chi connectivity index (χ2v) is 8.05. The number of carbonyl (C=O) groups excluding carboxylic acids is 1. The van der Waals surface area contributed by atoms with E-state index in [-0.39, 0.29) is 11.6 Å². The lowest BCUT2D eigenvalue weighted by Crippen LogP contribution is -2.36. The molecular weight excluding hydrogens is 457 g/mol. The maximum atomic E-state index is 12.5. The first-order chi connectivity index (χ1) is 12.9. The summed E-state index contributed by atoms with van der Waals surface area (Å²) < 4.78 is 0.673. The molecule has 2 aromatic carbocycles. The van der Waals surface area contributed by atoms with E-state index in [9.17, 15) is 14.9 Å². The Morgan fingerprint density at radius 3 is 2.67 bits per heavy atom. The van der Waals surface area contributed by atoms with E-state index >= 15 is 0 Å². The summed E-state index contributed by atoms with van der Waals surface area (Å²) in [5.74, 6) is -0.347. The molecule has 1 N–H and O–H groups in total. The maximum Gasteiger partial charge on any atom is 0.270 e. The molecule has 0 bridgehead atoms. The lowest BCUT2D eigenvalue weighted by Gasteiger charge is -2.33. The third-order valence-corrected chi connectivity index (χ3v) is 5.88. The van der Waals surface area contributed by atoms with Crippen LogP contribution >= 0.6 is 22.6 Å². The molecule has 0 spiro atoms. The van der Waals surface area contributed by atoms with Crippen molar-refractivity contribution in [1.82, 2.24) is 4.90 Å². The highest BCUT2D eigenvalue weighted by molar-refractivity contribution is 14.1. The van der Waals surface area contributed by atoms with Gasteiger partial charge in [-0.2, -0.15) is 0 Å². The second-order valence-electron chi connectivity index (χ2n) is 6.89. The molecule has 142 valence electrons. The van der Waals surface area contributed by atoms with Gasteiger partial charge in [-0.05, 0) is 72.7 Å². The molecule has 3 rings (SSSR count). The molecule has 1 aliphatic heterocycles. The van der Waals surface area contributed by atoms with Gasteiger partial charge in [0, 0.05) is 34.0 Å². The number of hydrogen-bond donors (Lipinski definition) is 1. The molecule has 1 heterocycles. The standard InChI is InChI=1S/C20H22IN3O3/c1-14-4-2-3-11-23(14)13-15-5-7-16(8-6-15)22-20(25)18-12-17(24(26)27)9-10-19(18)21/h5-10,12,14H,2-4,11,13H2,1H3,(H,22,25). The normalized spacial score (nSPS) is 17.5. The van der Waals surface area contributed by atoms with Crippen molar-refractivity contribution >= 4 is 39.9 Å². The summed E-state index contributed by atoms with van der Waals surface area (Å²) in [5, 5.41) is 13.8. The van der Waals surface area contributed by atoms with Gasteiger partial charge >= 0.3 is 0 Å². The number of carbonyl (C=O) groups is 1. The highest BCUT2D eigenvalue weighted by Crippen LogP contribution is 2.22. The summed E-state index contributed by atoms with van der Waals surface area (Å²) in [4.78, 5) is 25.4. The number of amides is 1. The molecule has 1 atom stereocenters. The quantitative estimate of drug-likeness (QED) is 0.379. The van der Waals surface area contributed by atoms with Crippen LogP contribution in [0.15, 0.2) is 42.5 Å². The SMILES string of the molecule is CC1CCCCN1Cc1ccc(NC(=O)c2cc([N+](=O)[O-])ccc2I)cc1. The number of benzene rings is 2. The Labute approximate surface area is 172 Å². The van der Waals surface area contributed by atoms with Crippen LogP contribution in [0.25, 0.3) is 0 Å². The summed E-state index contributed by atoms with van der Waals surface area (Å²) in [6, 6.07) is 12.7. The fourth-order valence-corrected chi connectivity index (χ4v) is 3.90. The number of anilines is 1. The zero-order valence-electron chi connectivity index (χ0n) is 15.2. The van der Waals surface area contributed by atoms with E-state index in [1.54, 1.807) is 6.07 Å². The molecule has 1 aliphatic rings. The Morgan fingerprint density at radius 2 is 2.00 bits per heavy atom. The van der Waals surface area contributed by atoms with Crippen molar-refractivity contribution in [2.24, 2.45) is 0 Å². The van der Waals surface area contributed by atoms with Gasteiger partial charge in [-0.3, -0.25) is 19.8 Å². The average molecular weight is 479 g/mol. The van der Waals surface area contributed by atoms with Crippen LogP contribution in [-0.2, 0) is 6.54 Å². The Hall–Kier alpha value is -2.00. The summed E-state index contributed by atoms with van der Waals surface area (Å²) in [7, 11) is 0. The predicted molar refractivity (Wildman–Crippen MR) is 114 cm³/mol. The van der Waals surface area contributed by atoms with Gasteiger partial charge in [-0.15, -0.1) is 0 Å². The Bertz CT molecular complexity index is 839. The van der Waals surface area contributed by atoms with E-state index in [0.29, 0.717) is 20.9 Å². The molecule has 1 fully saturated rings. The van der Waals surface area contributed by atoms with Crippen molar-refractivity contribution in [2.45, 2.75) is 38.8 Å². The molecular formula is C20H22IN3O3. The monoisotopic (exact) mass is 479 g/mol. The van der Waals surface area contributed by atoms with Crippen LogP contribution in [-0.4, -0.2) is 28.3 Å². The first kappa shape index (κ1) is 19.8. The molecule has 0 saturated carbocycles. The predicted octanol–water partition coefficient (Wildman–Crippen LogP) is 4.83. The number of nitro groups is 1. The molecule has 2 aromatic rings. The number of nitrogens with zero attached hydrogens (tertiary/aromatic N) is 2. The number of hydrogen-bond acceptors (Lipinski definition) is 4. The van der Waals surface area contributed by atoms with Crippen molar-refractivity contribution in [2.75, 3.05) is 11.9 Å². The molecule has 0 radical (unpaired) electrons. The van der Waals surface area contributed by atoms with Crippen LogP contribution in [0.4, 0.5) is 11.4 Å². The lowest BCUT2D eigenvalue weighted by molar-refractivity contribution is -0.384. The summed E-state index contributed by atoms with van der Waals surface area (Å²) in [6.45, 7) is 4.32. The number of nitrogens with one attached hydrogen (secondary N) is 1. The Morgan fingerprint density at radius 1 is 1.26 bits per heavy atom. The molecule has 1 unspecified atom stereocenters. The van der Waals surface area contributed by atoms with E-state index in [1.807, 2.05) is 46.9 Å². The number of rotatable bonds is 5. The van der Waals surface area contributed by atoms with Crippen LogP contribution in [0.2, 0.25) is 0 Å². The largest absolute Gasteiger partial charge is 0.322 e. The summed E-state index contributed by atoms with van der Waals surface area (Å²) in [5.41, 5.74) is 2.10. The minimum absolute atomic E-state index is 0.0911. The lowest BCUT2D eigenvalue weighted by atomic mass is 10.0. The summed E-state index contributed by atoms with van der Waals surface area (Å²) >= 11 is 2.01. The molecule has 1 saturated heterocycles. The third kappa shape index (κ3) is 5.04. The van der Waals surface area contributed by atoms with Crippen LogP contribution < -0.4 is 5.32 Å². The maximum absolute atomic E-state index is 12.5. The number of piperidine rings is 1. The third-order valence-electron chi connectivity index (χ3n) is 4.94. The molecule has 6 nitrogen and oxygen atoms in total. The van der Waals surface area contributed by atoms with Gasteiger partial charge in [0.25, 0.3) is 11.6 Å². The average Bonchev–Trinajstić information content (AvgIpc) is 2.65. The zero-order chi connectivity index (χ0) is 19.4. The second kappa shape index (κ2) is 8.79. The number of likely N-dealkylation sites (tertiary alicyclic amines) is 1. The molecule has 0 aromatic heterocycles. The number of halogens is 1. The van der Waals surface area contributed by atoms with Crippen molar-refractivity contribution in [1.29, 1.82) is 0 Å². The van der Waals surface area contributed by atoms with Gasteiger partial charge in [0.2, 0.25) is 0 Å². The fourth-order valence-electron chi connectivity index (χ4n) is 3.32. The van der Waals surface area contributed by atoms with Gasteiger partial charge in [-0.25, -0.2) is 0 Å². The van der Waals surface area contributed by atoms with Crippen LogP contribution in [0.1, 0.15) is 42.1 Å². The van der Waals surface area contributed by atoms with Gasteiger partial charge in [0.05, 0.1) is 10.5 Å². The van der Waals surface area contributed by atoms with Crippen LogP contribution in [0.3, 0.4) is 0 Å². The topological polar surface area (TPSA) is 75.5 Å². The van der Waals surface area contributed by atoms with Crippen LogP contribution in [0.5, 0.6) is 0 Å². The molecule has 0 aliphatic carbocycles. The smallest absolute Gasteiger partial charge is 0.270 e. The van der Waals surface area contributed by atoms with E-state index in [0.717, 1.165) is 13.1 Å². The van der Waals surface area contributed by atoms with Crippen molar-refractivity contribution in [3.63, 3.8) is 0 Å². The Kier molecular flexibility index (Phi) is 6.43. The minimum atomic E-state index is -0.497. The Balaban J connectivity index is 1.67. The van der Waals surface area contributed by atoms with Crippen molar-refractivity contribution in [3.8, 4) is 0 Å². The molecule has 7 heteroatoms. The van der Waals surface area contributed by atoms with E-state index in [4.69, 9.17) is 0 Å². The number of non-ortho nitro benzene ring substituents is 1. The highest BCUT2D eigenvalue weighted by atomic mass is 127. The minimum Gasteiger partial charge on any atom is -0.322 e. The van der Waals surface area contributed by atoms with Crippen molar-refractivity contribution < 1.29 is 9.72 Å². The van der Waals surface area contributed by atoms with E-state index < -0.39 is 4.92 Å². The van der Waals surface area contributed by atoms with Gasteiger partial charge in [-0.1, -0.05) is 18.6 Å². The van der Waals surface area contributed by atoms with Gasteiger partial charge in [0.15, 0.2) is 0 Å². The zero-order valence-corrected chi connectivity index (χ0v) is 17.3.